The zero-order chi connectivity index (χ0) is 10.7. The fourth-order valence-electron chi connectivity index (χ4n) is 1.80. The Bertz CT molecular complexity index is 318. The molecule has 0 aliphatic carbocycles. The lowest BCUT2D eigenvalue weighted by molar-refractivity contribution is 0.134. The molecule has 2 N–H and O–H groups in total. The first kappa shape index (κ1) is 10.3. The fraction of sp³-hybridized carbons (Fsp3) is 0.500. The summed E-state index contributed by atoms with van der Waals surface area (Å²) in [4.78, 5) is 12.2. The van der Waals surface area contributed by atoms with Gasteiger partial charge in [-0.15, -0.1) is 0 Å². The van der Waals surface area contributed by atoms with E-state index < -0.39 is 6.09 Å². The van der Waals surface area contributed by atoms with E-state index in [1.807, 2.05) is 11.4 Å². The zero-order valence-electron chi connectivity index (χ0n) is 8.35. The second-order valence-corrected chi connectivity index (χ2v) is 4.48. The van der Waals surface area contributed by atoms with Gasteiger partial charge in [-0.05, 0) is 24.3 Å². The Morgan fingerprint density at radius 3 is 2.80 bits per heavy atom. The van der Waals surface area contributed by atoms with E-state index >= 15 is 0 Å². The van der Waals surface area contributed by atoms with Crippen LogP contribution in [0.4, 0.5) is 10.5 Å². The monoisotopic (exact) mass is 226 g/mol. The molecule has 1 aromatic rings. The number of carbonyl (C=O) groups is 1. The normalized spacial score (nSPS) is 17.7. The van der Waals surface area contributed by atoms with Crippen LogP contribution in [0.2, 0.25) is 0 Å². The molecule has 1 aromatic heterocycles. The Morgan fingerprint density at radius 2 is 2.27 bits per heavy atom. The molecule has 5 heteroatoms. The van der Waals surface area contributed by atoms with Crippen LogP contribution in [0.25, 0.3) is 0 Å². The number of hydrogen-bond donors (Lipinski definition) is 2. The van der Waals surface area contributed by atoms with Gasteiger partial charge in [-0.1, -0.05) is 0 Å². The highest BCUT2D eigenvalue weighted by Crippen LogP contribution is 2.18. The third-order valence-electron chi connectivity index (χ3n) is 2.66. The van der Waals surface area contributed by atoms with Gasteiger partial charge < -0.3 is 15.3 Å². The Hall–Kier alpha value is -1.23. The van der Waals surface area contributed by atoms with Gasteiger partial charge in [0.1, 0.15) is 0 Å². The average molecular weight is 226 g/mol. The lowest BCUT2D eigenvalue weighted by atomic mass is 10.1. The minimum absolute atomic E-state index is 0.412. The van der Waals surface area contributed by atoms with Gasteiger partial charge >= 0.3 is 6.09 Å². The lowest BCUT2D eigenvalue weighted by Gasteiger charge is -2.30. The number of carboxylic acid groups (broad SMARTS) is 1. The number of hydrogen-bond acceptors (Lipinski definition) is 3. The van der Waals surface area contributed by atoms with Crippen LogP contribution < -0.4 is 5.32 Å². The number of thiophene rings is 1. The molecule has 0 atom stereocenters. The van der Waals surface area contributed by atoms with Crippen molar-refractivity contribution in [2.24, 2.45) is 0 Å². The second-order valence-electron chi connectivity index (χ2n) is 3.70. The first-order chi connectivity index (χ1) is 7.25. The van der Waals surface area contributed by atoms with Gasteiger partial charge in [-0.2, -0.15) is 11.3 Å². The van der Waals surface area contributed by atoms with Gasteiger partial charge in [0.15, 0.2) is 0 Å². The molecule has 1 amide bonds. The molecule has 1 saturated heterocycles. The van der Waals surface area contributed by atoms with Crippen LogP contribution in [-0.2, 0) is 0 Å². The third-order valence-corrected chi connectivity index (χ3v) is 3.34. The summed E-state index contributed by atoms with van der Waals surface area (Å²) >= 11 is 1.67. The Balaban J connectivity index is 1.81. The van der Waals surface area contributed by atoms with Crippen molar-refractivity contribution in [2.75, 3.05) is 18.4 Å². The molecule has 0 spiro atoms. The van der Waals surface area contributed by atoms with Crippen LogP contribution >= 0.6 is 11.3 Å². The van der Waals surface area contributed by atoms with Crippen molar-refractivity contribution in [1.82, 2.24) is 4.90 Å². The molecule has 0 radical (unpaired) electrons. The average Bonchev–Trinajstić information content (AvgIpc) is 2.71. The summed E-state index contributed by atoms with van der Waals surface area (Å²) in [6.07, 6.45) is 0.980. The molecule has 0 bridgehead atoms. The fourth-order valence-corrected chi connectivity index (χ4v) is 2.39. The lowest BCUT2D eigenvalue weighted by Crippen LogP contribution is -2.41. The number of piperidine rings is 1. The van der Waals surface area contributed by atoms with E-state index in [1.54, 1.807) is 11.3 Å². The van der Waals surface area contributed by atoms with Gasteiger partial charge in [0, 0.05) is 30.2 Å². The molecular weight excluding hydrogens is 212 g/mol. The van der Waals surface area contributed by atoms with E-state index in [0.717, 1.165) is 18.5 Å². The molecule has 4 nitrogen and oxygen atoms in total. The van der Waals surface area contributed by atoms with Crippen LogP contribution in [0.5, 0.6) is 0 Å². The minimum atomic E-state index is -0.802. The Labute approximate surface area is 92.5 Å². The molecule has 15 heavy (non-hydrogen) atoms. The van der Waals surface area contributed by atoms with E-state index in [9.17, 15) is 4.79 Å². The van der Waals surface area contributed by atoms with Gasteiger partial charge in [-0.3, -0.25) is 0 Å². The topological polar surface area (TPSA) is 52.6 Å². The van der Waals surface area contributed by atoms with E-state index in [-0.39, 0.29) is 0 Å². The first-order valence-electron chi connectivity index (χ1n) is 5.02. The number of likely N-dealkylation sites (tertiary alicyclic amines) is 1. The highest BCUT2D eigenvalue weighted by atomic mass is 32.1. The maximum Gasteiger partial charge on any atom is 0.407 e. The molecule has 1 aliphatic heterocycles. The summed E-state index contributed by atoms with van der Waals surface area (Å²) in [6.45, 7) is 1.27. The van der Waals surface area contributed by atoms with Crippen molar-refractivity contribution in [3.05, 3.63) is 16.8 Å². The SMILES string of the molecule is O=C(O)N1CCC(Nc2ccsc2)CC1. The largest absolute Gasteiger partial charge is 0.465 e. The molecular formula is C10H14N2O2S. The zero-order valence-corrected chi connectivity index (χ0v) is 9.17. The van der Waals surface area contributed by atoms with Crippen molar-refractivity contribution in [3.8, 4) is 0 Å². The second kappa shape index (κ2) is 4.53. The summed E-state index contributed by atoms with van der Waals surface area (Å²) in [5, 5.41) is 16.3. The van der Waals surface area contributed by atoms with Gasteiger partial charge in [0.25, 0.3) is 0 Å². The molecule has 0 unspecified atom stereocenters. The summed E-state index contributed by atoms with van der Waals surface area (Å²) in [5.74, 6) is 0. The van der Waals surface area contributed by atoms with Crippen molar-refractivity contribution in [1.29, 1.82) is 0 Å². The summed E-state index contributed by atoms with van der Waals surface area (Å²) in [6, 6.07) is 2.46. The standard InChI is InChI=1S/C10H14N2O2S/c13-10(14)12-4-1-8(2-5-12)11-9-3-6-15-7-9/h3,6-8,11H,1-2,4-5H2,(H,13,14). The summed E-state index contributed by atoms with van der Waals surface area (Å²) in [7, 11) is 0. The van der Waals surface area contributed by atoms with Crippen LogP contribution in [0.15, 0.2) is 16.8 Å². The number of anilines is 1. The van der Waals surface area contributed by atoms with E-state index in [0.29, 0.717) is 19.1 Å². The van der Waals surface area contributed by atoms with Crippen molar-refractivity contribution < 1.29 is 9.90 Å². The summed E-state index contributed by atoms with van der Waals surface area (Å²) < 4.78 is 0. The number of nitrogens with zero attached hydrogens (tertiary/aromatic N) is 1. The van der Waals surface area contributed by atoms with Gasteiger partial charge in [0.2, 0.25) is 0 Å². The van der Waals surface area contributed by atoms with E-state index in [4.69, 9.17) is 5.11 Å². The van der Waals surface area contributed by atoms with E-state index in [1.165, 1.54) is 4.90 Å². The third kappa shape index (κ3) is 2.62. The minimum Gasteiger partial charge on any atom is -0.465 e. The Morgan fingerprint density at radius 1 is 1.53 bits per heavy atom. The molecule has 2 heterocycles. The van der Waals surface area contributed by atoms with Crippen molar-refractivity contribution in [2.45, 2.75) is 18.9 Å². The van der Waals surface area contributed by atoms with Crippen LogP contribution in [0.3, 0.4) is 0 Å². The van der Waals surface area contributed by atoms with Crippen LogP contribution in [0.1, 0.15) is 12.8 Å². The smallest absolute Gasteiger partial charge is 0.407 e. The van der Waals surface area contributed by atoms with Crippen molar-refractivity contribution in [3.63, 3.8) is 0 Å². The molecule has 82 valence electrons. The maximum atomic E-state index is 10.7. The molecule has 0 aromatic carbocycles. The Kier molecular flexibility index (Phi) is 3.11. The number of amides is 1. The quantitative estimate of drug-likeness (QED) is 0.813. The molecule has 1 aliphatic rings. The summed E-state index contributed by atoms with van der Waals surface area (Å²) in [5.41, 5.74) is 1.15. The van der Waals surface area contributed by atoms with E-state index in [2.05, 4.69) is 10.7 Å². The van der Waals surface area contributed by atoms with Crippen molar-refractivity contribution >= 4 is 23.1 Å². The van der Waals surface area contributed by atoms with Crippen LogP contribution in [0, 0.1) is 0 Å². The molecule has 0 saturated carbocycles. The molecule has 1 fully saturated rings. The number of nitrogens with one attached hydrogen (secondary N) is 1. The predicted molar refractivity (Wildman–Crippen MR) is 60.6 cm³/mol. The highest BCUT2D eigenvalue weighted by molar-refractivity contribution is 7.08. The molecule has 2 rings (SSSR count). The first-order valence-corrected chi connectivity index (χ1v) is 5.96. The van der Waals surface area contributed by atoms with Gasteiger partial charge in [0.05, 0.1) is 0 Å². The van der Waals surface area contributed by atoms with Gasteiger partial charge in [-0.25, -0.2) is 4.79 Å². The highest BCUT2D eigenvalue weighted by Gasteiger charge is 2.21. The maximum absolute atomic E-state index is 10.7. The van der Waals surface area contributed by atoms with Crippen LogP contribution in [-0.4, -0.2) is 35.2 Å². The predicted octanol–water partition coefficient (Wildman–Crippen LogP) is 2.30. The number of rotatable bonds is 2.